The Balaban J connectivity index is 1.60. The van der Waals surface area contributed by atoms with Crippen LogP contribution in [0.4, 0.5) is 11.4 Å². The minimum Gasteiger partial charge on any atom is -0.347 e. The summed E-state index contributed by atoms with van der Waals surface area (Å²) >= 11 is 0. The summed E-state index contributed by atoms with van der Waals surface area (Å²) in [7, 11) is 0. The molecular formula is C22H21N5O2. The molecule has 2 aromatic carbocycles. The molecule has 29 heavy (non-hydrogen) atoms. The second-order valence-electron chi connectivity index (χ2n) is 8.25. The van der Waals surface area contributed by atoms with Crippen LogP contribution < -0.4 is 10.2 Å². The van der Waals surface area contributed by atoms with Gasteiger partial charge in [0.05, 0.1) is 11.5 Å². The Bertz CT molecular complexity index is 1040. The van der Waals surface area contributed by atoms with Crippen LogP contribution in [0.3, 0.4) is 0 Å². The van der Waals surface area contributed by atoms with E-state index in [1.165, 1.54) is 0 Å². The van der Waals surface area contributed by atoms with Crippen LogP contribution in [0.5, 0.6) is 0 Å². The van der Waals surface area contributed by atoms with Gasteiger partial charge in [0.15, 0.2) is 0 Å². The summed E-state index contributed by atoms with van der Waals surface area (Å²) in [5, 5.41) is 7.65. The maximum atomic E-state index is 13.0. The monoisotopic (exact) mass is 387 g/mol. The Kier molecular flexibility index (Phi) is 3.26. The van der Waals surface area contributed by atoms with Gasteiger partial charge < -0.3 is 4.90 Å². The second kappa shape index (κ2) is 5.65. The first-order valence-electron chi connectivity index (χ1n) is 10.2. The van der Waals surface area contributed by atoms with Crippen molar-refractivity contribution >= 4 is 23.2 Å². The van der Waals surface area contributed by atoms with Gasteiger partial charge in [0.25, 0.3) is 0 Å². The zero-order valence-electron chi connectivity index (χ0n) is 15.9. The zero-order chi connectivity index (χ0) is 19.6. The summed E-state index contributed by atoms with van der Waals surface area (Å²) in [4.78, 5) is 29.7. The van der Waals surface area contributed by atoms with Gasteiger partial charge in [0, 0.05) is 17.8 Å². The van der Waals surface area contributed by atoms with Crippen LogP contribution in [-0.4, -0.2) is 33.9 Å². The largest absolute Gasteiger partial charge is 0.347 e. The van der Waals surface area contributed by atoms with Gasteiger partial charge in [-0.15, -0.1) is 4.81 Å². The van der Waals surface area contributed by atoms with E-state index in [2.05, 4.69) is 10.2 Å². The van der Waals surface area contributed by atoms with E-state index in [0.717, 1.165) is 37.1 Å². The molecule has 3 heterocycles. The van der Waals surface area contributed by atoms with Crippen molar-refractivity contribution in [3.8, 4) is 0 Å². The van der Waals surface area contributed by atoms with E-state index >= 15 is 0 Å². The van der Waals surface area contributed by atoms with Crippen molar-refractivity contribution in [2.24, 2.45) is 11.0 Å². The third kappa shape index (κ3) is 1.97. The summed E-state index contributed by atoms with van der Waals surface area (Å²) in [6.07, 6.45) is 3.46. The lowest BCUT2D eigenvalue weighted by Gasteiger charge is -2.49. The molecule has 0 bridgehead atoms. The second-order valence-corrected chi connectivity index (χ2v) is 8.25. The third-order valence-electron chi connectivity index (χ3n) is 6.89. The molecule has 7 nitrogen and oxygen atoms in total. The molecule has 0 unspecified atom stereocenters. The number of nitrogens with zero attached hydrogens (tertiary/aromatic N) is 4. The van der Waals surface area contributed by atoms with Crippen molar-refractivity contribution in [1.82, 2.24) is 5.32 Å². The molecule has 1 saturated carbocycles. The maximum Gasteiger partial charge on any atom is 0.250 e. The van der Waals surface area contributed by atoms with Crippen molar-refractivity contribution in [3.63, 3.8) is 0 Å². The summed E-state index contributed by atoms with van der Waals surface area (Å²) in [5.74, 6) is -0.998. The molecule has 0 radical (unpaired) electrons. The summed E-state index contributed by atoms with van der Waals surface area (Å²) in [5.41, 5.74) is 5.44. The number of hydrogen-bond donors (Lipinski definition) is 1. The first-order valence-corrected chi connectivity index (χ1v) is 10.2. The number of carbonyl (C=O) groups excluding carboxylic acids is 2. The van der Waals surface area contributed by atoms with E-state index in [1.54, 1.807) is 4.81 Å². The lowest BCUT2D eigenvalue weighted by Crippen LogP contribution is -2.60. The lowest BCUT2D eigenvalue weighted by molar-refractivity contribution is -0.457. The predicted molar refractivity (Wildman–Crippen MR) is 105 cm³/mol. The first-order chi connectivity index (χ1) is 14.2. The number of para-hydroxylation sites is 2. The van der Waals surface area contributed by atoms with E-state index < -0.39 is 23.2 Å². The zero-order valence-corrected chi connectivity index (χ0v) is 15.9. The highest BCUT2D eigenvalue weighted by molar-refractivity contribution is 6.11. The first kappa shape index (κ1) is 16.7. The fourth-order valence-electron chi connectivity index (χ4n) is 5.82. The van der Waals surface area contributed by atoms with Crippen molar-refractivity contribution in [2.45, 2.75) is 42.9 Å². The number of nitrogens with one attached hydrogen (secondary N) is 1. The molecule has 4 atom stereocenters. The number of carbonyl (C=O) groups is 2. The number of fused-ring (bicyclic) bond motifs is 1. The van der Waals surface area contributed by atoms with Crippen LogP contribution in [0.15, 0.2) is 65.8 Å². The molecular weight excluding hydrogens is 366 g/mol. The highest BCUT2D eigenvalue weighted by Gasteiger charge is 2.75. The fourth-order valence-corrected chi connectivity index (χ4v) is 5.82. The molecule has 7 heteroatoms. The molecule has 6 rings (SSSR count). The molecule has 0 aromatic heterocycles. The Hall–Kier alpha value is -3.22. The van der Waals surface area contributed by atoms with Crippen molar-refractivity contribution < 1.29 is 14.4 Å². The Morgan fingerprint density at radius 3 is 2.41 bits per heavy atom. The number of azo groups is 1. The number of rotatable bonds is 2. The highest BCUT2D eigenvalue weighted by atomic mass is 16.2. The van der Waals surface area contributed by atoms with Crippen LogP contribution in [0.2, 0.25) is 0 Å². The number of anilines is 1. The molecule has 2 saturated heterocycles. The number of benzene rings is 2. The molecule has 1 N–H and O–H groups in total. The quantitative estimate of drug-likeness (QED) is 0.635. The van der Waals surface area contributed by atoms with Crippen LogP contribution in [0.1, 0.15) is 25.7 Å². The Morgan fingerprint density at radius 2 is 1.66 bits per heavy atom. The molecule has 0 spiro atoms. The van der Waals surface area contributed by atoms with Gasteiger partial charge in [-0.25, -0.2) is 5.11 Å². The molecule has 2 aromatic rings. The fraction of sp³-hybridized carbons (Fsp3) is 0.364. The van der Waals surface area contributed by atoms with Crippen molar-refractivity contribution in [3.05, 3.63) is 66.1 Å². The molecule has 4 aliphatic rings. The topological polar surface area (TPSA) is 78.9 Å². The van der Waals surface area contributed by atoms with Crippen LogP contribution in [-0.2, 0) is 9.59 Å². The van der Waals surface area contributed by atoms with E-state index in [9.17, 15) is 9.59 Å². The van der Waals surface area contributed by atoms with Gasteiger partial charge in [-0.05, 0) is 25.0 Å². The molecule has 1 aliphatic carbocycles. The van der Waals surface area contributed by atoms with Crippen molar-refractivity contribution in [2.75, 3.05) is 4.90 Å². The van der Waals surface area contributed by atoms with Gasteiger partial charge in [0.1, 0.15) is 11.7 Å². The lowest BCUT2D eigenvalue weighted by atomic mass is 9.68. The number of hydrogen-bond acceptors (Lipinski definition) is 4. The summed E-state index contributed by atoms with van der Waals surface area (Å²) < 4.78 is 0. The minimum atomic E-state index is -0.738. The highest BCUT2D eigenvalue weighted by Crippen LogP contribution is 2.64. The smallest absolute Gasteiger partial charge is 0.250 e. The van der Waals surface area contributed by atoms with Gasteiger partial charge in [0.2, 0.25) is 17.5 Å². The van der Waals surface area contributed by atoms with E-state index in [-0.39, 0.29) is 11.8 Å². The summed E-state index contributed by atoms with van der Waals surface area (Å²) in [6.45, 7) is 0. The van der Waals surface area contributed by atoms with Gasteiger partial charge in [-0.2, -0.15) is 5.43 Å². The standard InChI is InChI=1S/C22H21N5O2/c28-19-17-18(20(29)23-19)26(15-9-3-1-4-10-15)22-14-8-7-13-21(17,22)24-27(25-22)16-11-5-2-6-12-16/h1-6,9-12,17-18H,7-8,13-14H2,(H,23,28,29)/t17-,18+,21+,22-/m1/s1. The third-order valence-corrected chi connectivity index (χ3v) is 6.89. The Morgan fingerprint density at radius 1 is 0.966 bits per heavy atom. The summed E-state index contributed by atoms with van der Waals surface area (Å²) in [6, 6.07) is 19.1. The molecule has 3 fully saturated rings. The van der Waals surface area contributed by atoms with Crippen molar-refractivity contribution in [1.29, 1.82) is 0 Å². The molecule has 146 valence electrons. The predicted octanol–water partition coefficient (Wildman–Crippen LogP) is 3.26. The van der Waals surface area contributed by atoms with Gasteiger partial charge >= 0.3 is 0 Å². The van der Waals surface area contributed by atoms with Crippen LogP contribution in [0.25, 0.3) is 5.43 Å². The molecule has 3 aliphatic heterocycles. The molecule has 2 amide bonds. The van der Waals surface area contributed by atoms with E-state index in [1.807, 2.05) is 60.7 Å². The average molecular weight is 387 g/mol. The number of imide groups is 1. The van der Waals surface area contributed by atoms with Gasteiger partial charge in [-0.1, -0.05) is 49.2 Å². The van der Waals surface area contributed by atoms with Gasteiger partial charge in [-0.3, -0.25) is 14.9 Å². The average Bonchev–Trinajstić information content (AvgIpc) is 3.33. The van der Waals surface area contributed by atoms with Crippen LogP contribution in [0, 0.1) is 5.92 Å². The number of amides is 2. The SMILES string of the molecule is O=C1NC(=O)[C@H]2[C@@H]1N(c1ccccc1)[C@]13CCCC[C@]21N=[N+](c1ccccc1)[N-]3. The Labute approximate surface area is 168 Å². The van der Waals surface area contributed by atoms with E-state index in [4.69, 9.17) is 10.5 Å². The maximum absolute atomic E-state index is 13.0. The van der Waals surface area contributed by atoms with Crippen LogP contribution >= 0.6 is 0 Å². The minimum absolute atomic E-state index is 0.224. The normalized spacial score (nSPS) is 34.8. The van der Waals surface area contributed by atoms with E-state index in [0.29, 0.717) is 0 Å².